The van der Waals surface area contributed by atoms with Crippen molar-refractivity contribution in [2.45, 2.75) is 20.8 Å². The minimum absolute atomic E-state index is 0.107. The molecule has 0 bridgehead atoms. The number of aryl methyl sites for hydroxylation is 2. The van der Waals surface area contributed by atoms with E-state index in [4.69, 9.17) is 0 Å². The van der Waals surface area contributed by atoms with E-state index in [-0.39, 0.29) is 5.91 Å². The van der Waals surface area contributed by atoms with Crippen LogP contribution in [0.2, 0.25) is 0 Å². The molecule has 19 heavy (non-hydrogen) atoms. The van der Waals surface area contributed by atoms with Gasteiger partial charge in [-0.3, -0.25) is 9.78 Å². The van der Waals surface area contributed by atoms with Gasteiger partial charge in [0.2, 0.25) is 0 Å². The fourth-order valence-corrected chi connectivity index (χ4v) is 2.05. The zero-order chi connectivity index (χ0) is 14.0. The Balaban J connectivity index is 2.26. The van der Waals surface area contributed by atoms with E-state index in [9.17, 15) is 4.79 Å². The largest absolute Gasteiger partial charge is 0.322 e. The standard InChI is InChI=1S/C15H15BrN2O/c1-9-8-12(4-5-14(9)16)18-15(19)13-6-7-17-11(3)10(13)2/h4-8H,1-3H3,(H,18,19). The number of pyridine rings is 1. The minimum Gasteiger partial charge on any atom is -0.322 e. The first-order valence-corrected chi connectivity index (χ1v) is 6.78. The summed E-state index contributed by atoms with van der Waals surface area (Å²) in [6.45, 7) is 5.79. The lowest BCUT2D eigenvalue weighted by atomic mass is 10.1. The molecule has 0 spiro atoms. The second-order valence-corrected chi connectivity index (χ2v) is 5.34. The van der Waals surface area contributed by atoms with Crippen molar-refractivity contribution in [2.24, 2.45) is 0 Å². The van der Waals surface area contributed by atoms with Crippen LogP contribution < -0.4 is 5.32 Å². The number of hydrogen-bond donors (Lipinski definition) is 1. The third kappa shape index (κ3) is 3.01. The molecule has 0 aliphatic heterocycles. The van der Waals surface area contributed by atoms with Crippen LogP contribution in [0, 0.1) is 20.8 Å². The molecule has 0 fully saturated rings. The fourth-order valence-electron chi connectivity index (χ4n) is 1.81. The van der Waals surface area contributed by atoms with E-state index in [2.05, 4.69) is 26.2 Å². The van der Waals surface area contributed by atoms with E-state index < -0.39 is 0 Å². The summed E-state index contributed by atoms with van der Waals surface area (Å²) < 4.78 is 1.03. The van der Waals surface area contributed by atoms with Crippen molar-refractivity contribution in [3.8, 4) is 0 Å². The number of aromatic nitrogens is 1. The number of amides is 1. The summed E-state index contributed by atoms with van der Waals surface area (Å²) in [4.78, 5) is 16.4. The average Bonchev–Trinajstić information content (AvgIpc) is 2.37. The number of carbonyl (C=O) groups is 1. The summed E-state index contributed by atoms with van der Waals surface area (Å²) in [5.41, 5.74) is 4.32. The second-order valence-electron chi connectivity index (χ2n) is 4.49. The first kappa shape index (κ1) is 13.7. The molecule has 0 unspecified atom stereocenters. The van der Waals surface area contributed by atoms with E-state index >= 15 is 0 Å². The van der Waals surface area contributed by atoms with Crippen LogP contribution in [0.25, 0.3) is 0 Å². The lowest BCUT2D eigenvalue weighted by molar-refractivity contribution is 0.102. The van der Waals surface area contributed by atoms with Gasteiger partial charge in [0.05, 0.1) is 0 Å². The molecule has 1 amide bonds. The molecule has 4 heteroatoms. The highest BCUT2D eigenvalue weighted by atomic mass is 79.9. The first-order valence-electron chi connectivity index (χ1n) is 5.98. The van der Waals surface area contributed by atoms with Crippen LogP contribution in [0.1, 0.15) is 27.2 Å². The molecule has 1 N–H and O–H groups in total. The van der Waals surface area contributed by atoms with E-state index in [1.54, 1.807) is 12.3 Å². The summed E-state index contributed by atoms with van der Waals surface area (Å²) in [6, 6.07) is 7.47. The number of nitrogens with zero attached hydrogens (tertiary/aromatic N) is 1. The maximum absolute atomic E-state index is 12.2. The molecule has 1 aromatic heterocycles. The third-order valence-corrected chi connectivity index (χ3v) is 4.01. The second kappa shape index (κ2) is 5.53. The van der Waals surface area contributed by atoms with Gasteiger partial charge >= 0.3 is 0 Å². The molecule has 0 aliphatic carbocycles. The predicted molar refractivity (Wildman–Crippen MR) is 80.5 cm³/mol. The van der Waals surface area contributed by atoms with Crippen LogP contribution in [0.15, 0.2) is 34.9 Å². The normalized spacial score (nSPS) is 10.3. The zero-order valence-corrected chi connectivity index (χ0v) is 12.7. The predicted octanol–water partition coefficient (Wildman–Crippen LogP) is 4.02. The number of hydrogen-bond acceptors (Lipinski definition) is 2. The fraction of sp³-hybridized carbons (Fsp3) is 0.200. The van der Waals surface area contributed by atoms with Crippen LogP contribution in [-0.4, -0.2) is 10.9 Å². The van der Waals surface area contributed by atoms with E-state index in [0.717, 1.165) is 27.0 Å². The number of carbonyl (C=O) groups excluding carboxylic acids is 1. The maximum Gasteiger partial charge on any atom is 0.256 e. The van der Waals surface area contributed by atoms with Crippen molar-refractivity contribution >= 4 is 27.5 Å². The Kier molecular flexibility index (Phi) is 4.00. The number of nitrogens with one attached hydrogen (secondary N) is 1. The highest BCUT2D eigenvalue weighted by Crippen LogP contribution is 2.21. The van der Waals surface area contributed by atoms with Gasteiger partial charge in [-0.15, -0.1) is 0 Å². The summed E-state index contributed by atoms with van der Waals surface area (Å²) >= 11 is 3.44. The summed E-state index contributed by atoms with van der Waals surface area (Å²) in [6.07, 6.45) is 1.66. The Morgan fingerprint density at radius 2 is 1.95 bits per heavy atom. The Bertz CT molecular complexity index is 638. The number of benzene rings is 1. The topological polar surface area (TPSA) is 42.0 Å². The van der Waals surface area contributed by atoms with Crippen LogP contribution in [-0.2, 0) is 0 Å². The Labute approximate surface area is 121 Å². The summed E-state index contributed by atoms with van der Waals surface area (Å²) in [7, 11) is 0. The molecular formula is C15H15BrN2O. The number of anilines is 1. The highest BCUT2D eigenvalue weighted by molar-refractivity contribution is 9.10. The van der Waals surface area contributed by atoms with Crippen molar-refractivity contribution in [1.82, 2.24) is 4.98 Å². The van der Waals surface area contributed by atoms with Gasteiger partial charge in [0.15, 0.2) is 0 Å². The highest BCUT2D eigenvalue weighted by Gasteiger charge is 2.11. The van der Waals surface area contributed by atoms with E-state index in [1.165, 1.54) is 0 Å². The monoisotopic (exact) mass is 318 g/mol. The molecule has 98 valence electrons. The molecule has 0 saturated heterocycles. The van der Waals surface area contributed by atoms with E-state index in [0.29, 0.717) is 5.56 Å². The third-order valence-electron chi connectivity index (χ3n) is 3.12. The van der Waals surface area contributed by atoms with Crippen LogP contribution in [0.5, 0.6) is 0 Å². The molecular weight excluding hydrogens is 304 g/mol. The molecule has 2 aromatic rings. The average molecular weight is 319 g/mol. The molecule has 2 rings (SSSR count). The molecule has 0 radical (unpaired) electrons. The molecule has 0 atom stereocenters. The van der Waals surface area contributed by atoms with Gasteiger partial charge < -0.3 is 5.32 Å². The quantitative estimate of drug-likeness (QED) is 0.908. The zero-order valence-electron chi connectivity index (χ0n) is 11.1. The van der Waals surface area contributed by atoms with Crippen molar-refractivity contribution < 1.29 is 4.79 Å². The van der Waals surface area contributed by atoms with Gasteiger partial charge in [-0.05, 0) is 56.2 Å². The molecule has 3 nitrogen and oxygen atoms in total. The van der Waals surface area contributed by atoms with Crippen molar-refractivity contribution in [3.05, 3.63) is 57.3 Å². The maximum atomic E-state index is 12.2. The SMILES string of the molecule is Cc1cc(NC(=O)c2ccnc(C)c2C)ccc1Br. The van der Waals surface area contributed by atoms with Crippen LogP contribution in [0.3, 0.4) is 0 Å². The van der Waals surface area contributed by atoms with Gasteiger partial charge in [-0.2, -0.15) is 0 Å². The lowest BCUT2D eigenvalue weighted by Crippen LogP contribution is -2.14. The Morgan fingerprint density at radius 1 is 1.21 bits per heavy atom. The van der Waals surface area contributed by atoms with Gasteiger partial charge in [-0.25, -0.2) is 0 Å². The Morgan fingerprint density at radius 3 is 2.63 bits per heavy atom. The van der Waals surface area contributed by atoms with Gasteiger partial charge in [-0.1, -0.05) is 15.9 Å². The van der Waals surface area contributed by atoms with Crippen molar-refractivity contribution in [1.29, 1.82) is 0 Å². The summed E-state index contributed by atoms with van der Waals surface area (Å²) in [5, 5.41) is 2.91. The summed E-state index contributed by atoms with van der Waals surface area (Å²) in [5.74, 6) is -0.107. The van der Waals surface area contributed by atoms with Crippen molar-refractivity contribution in [3.63, 3.8) is 0 Å². The number of halogens is 1. The molecule has 1 aromatic carbocycles. The van der Waals surface area contributed by atoms with Gasteiger partial charge in [0, 0.05) is 27.6 Å². The van der Waals surface area contributed by atoms with Crippen LogP contribution >= 0.6 is 15.9 Å². The smallest absolute Gasteiger partial charge is 0.256 e. The van der Waals surface area contributed by atoms with E-state index in [1.807, 2.05) is 39.0 Å². The van der Waals surface area contributed by atoms with Crippen LogP contribution in [0.4, 0.5) is 5.69 Å². The lowest BCUT2D eigenvalue weighted by Gasteiger charge is -2.10. The van der Waals surface area contributed by atoms with Gasteiger partial charge in [0.1, 0.15) is 0 Å². The van der Waals surface area contributed by atoms with Gasteiger partial charge in [0.25, 0.3) is 5.91 Å². The Hall–Kier alpha value is -1.68. The molecule has 0 aliphatic rings. The number of rotatable bonds is 2. The molecule has 1 heterocycles. The van der Waals surface area contributed by atoms with Crippen molar-refractivity contribution in [2.75, 3.05) is 5.32 Å². The first-order chi connectivity index (χ1) is 8.99. The molecule has 0 saturated carbocycles. The minimum atomic E-state index is -0.107.